The van der Waals surface area contributed by atoms with E-state index in [0.717, 1.165) is 50.5 Å². The Morgan fingerprint density at radius 3 is 1.90 bits per heavy atom. The predicted octanol–water partition coefficient (Wildman–Crippen LogP) is 15.7. The third-order valence-electron chi connectivity index (χ3n) is 12.0. The van der Waals surface area contributed by atoms with E-state index in [-0.39, 0.29) is 0 Å². The molecule has 0 saturated carbocycles. The summed E-state index contributed by atoms with van der Waals surface area (Å²) in [6.45, 7) is 0. The summed E-state index contributed by atoms with van der Waals surface area (Å²) in [6, 6.07) is 80.1. The monoisotopic (exact) mass is 779 g/mol. The second kappa shape index (κ2) is 14.3. The number of hydrogen-bond acceptors (Lipinski definition) is 3. The van der Waals surface area contributed by atoms with Gasteiger partial charge in [0.25, 0.3) is 0 Å². The Labute approximate surface area is 352 Å². The van der Waals surface area contributed by atoms with Crippen LogP contribution in [-0.4, -0.2) is 9.55 Å². The lowest BCUT2D eigenvalue weighted by Crippen LogP contribution is -2.11. The van der Waals surface area contributed by atoms with Crippen molar-refractivity contribution in [2.75, 3.05) is 4.90 Å². The second-order valence-electron chi connectivity index (χ2n) is 15.6. The zero-order valence-electron chi connectivity index (χ0n) is 33.1. The van der Waals surface area contributed by atoms with Gasteiger partial charge in [0.05, 0.1) is 16.7 Å². The van der Waals surface area contributed by atoms with Crippen LogP contribution in [0.2, 0.25) is 0 Å². The van der Waals surface area contributed by atoms with Gasteiger partial charge in [-0.1, -0.05) is 146 Å². The van der Waals surface area contributed by atoms with Crippen LogP contribution in [0.3, 0.4) is 0 Å². The van der Waals surface area contributed by atoms with Crippen LogP contribution >= 0.6 is 0 Å². The summed E-state index contributed by atoms with van der Waals surface area (Å²) < 4.78 is 8.58. The van der Waals surface area contributed by atoms with Gasteiger partial charge in [-0.25, -0.2) is 4.98 Å². The van der Waals surface area contributed by atoms with Crippen molar-refractivity contribution in [2.45, 2.75) is 0 Å². The first-order chi connectivity index (χ1) is 30.2. The summed E-state index contributed by atoms with van der Waals surface area (Å²) in [4.78, 5) is 7.32. The Balaban J connectivity index is 1.05. The normalized spacial score (nSPS) is 11.6. The molecule has 286 valence electrons. The summed E-state index contributed by atoms with van der Waals surface area (Å²) in [5, 5.41) is 7.28. The van der Waals surface area contributed by atoms with Crippen LogP contribution in [0.1, 0.15) is 0 Å². The molecule has 0 saturated heterocycles. The SMILES string of the molecule is c1ccc(-c2nc3cc(-c4cccc(N(c5ccc6c(ccc7c6c6ccccc6n7-c6ccccc6)c5)c5ccc(-c6ccccc6)c6ccccc56)c4)ccc3o2)cc1. The molecule has 0 N–H and O–H groups in total. The Bertz CT molecular complexity index is 3590. The third kappa shape index (κ3) is 5.88. The molecule has 10 aromatic carbocycles. The van der Waals surface area contributed by atoms with Gasteiger partial charge in [0.2, 0.25) is 5.89 Å². The predicted molar refractivity (Wildman–Crippen MR) is 254 cm³/mol. The minimum atomic E-state index is 0.622. The molecule has 0 atom stereocenters. The van der Waals surface area contributed by atoms with Crippen LogP contribution in [0.5, 0.6) is 0 Å². The van der Waals surface area contributed by atoms with Gasteiger partial charge >= 0.3 is 0 Å². The molecule has 0 fully saturated rings. The molecule has 0 aliphatic heterocycles. The van der Waals surface area contributed by atoms with E-state index in [1.807, 2.05) is 36.4 Å². The molecular weight excluding hydrogens is 743 g/mol. The van der Waals surface area contributed by atoms with E-state index in [1.54, 1.807) is 0 Å². The molecule has 2 heterocycles. The molecule has 0 aliphatic rings. The second-order valence-corrected chi connectivity index (χ2v) is 15.6. The van der Waals surface area contributed by atoms with Crippen LogP contribution < -0.4 is 4.90 Å². The van der Waals surface area contributed by atoms with Gasteiger partial charge < -0.3 is 13.9 Å². The van der Waals surface area contributed by atoms with Crippen molar-refractivity contribution in [3.63, 3.8) is 0 Å². The van der Waals surface area contributed by atoms with Gasteiger partial charge in [0.1, 0.15) is 5.52 Å². The summed E-state index contributed by atoms with van der Waals surface area (Å²) in [6.07, 6.45) is 0. The Kier molecular flexibility index (Phi) is 8.13. The lowest BCUT2D eigenvalue weighted by atomic mass is 9.96. The Morgan fingerprint density at radius 1 is 0.410 bits per heavy atom. The average Bonchev–Trinajstić information content (AvgIpc) is 3.92. The zero-order chi connectivity index (χ0) is 40.3. The first-order valence-electron chi connectivity index (χ1n) is 20.7. The van der Waals surface area contributed by atoms with Crippen LogP contribution in [-0.2, 0) is 0 Å². The van der Waals surface area contributed by atoms with Crippen molar-refractivity contribution < 1.29 is 4.42 Å². The molecule has 0 amide bonds. The minimum absolute atomic E-state index is 0.622. The van der Waals surface area contributed by atoms with Gasteiger partial charge in [-0.15, -0.1) is 0 Å². The van der Waals surface area contributed by atoms with Gasteiger partial charge in [-0.2, -0.15) is 0 Å². The third-order valence-corrected chi connectivity index (χ3v) is 12.0. The fourth-order valence-electron chi connectivity index (χ4n) is 9.19. The van der Waals surface area contributed by atoms with Crippen LogP contribution in [0, 0.1) is 0 Å². The minimum Gasteiger partial charge on any atom is -0.436 e. The van der Waals surface area contributed by atoms with Crippen molar-refractivity contribution in [1.82, 2.24) is 9.55 Å². The molecule has 0 aliphatic carbocycles. The highest BCUT2D eigenvalue weighted by Gasteiger charge is 2.21. The number of aromatic nitrogens is 2. The van der Waals surface area contributed by atoms with Crippen molar-refractivity contribution in [2.24, 2.45) is 0 Å². The largest absolute Gasteiger partial charge is 0.436 e. The van der Waals surface area contributed by atoms with Crippen molar-refractivity contribution in [3.05, 3.63) is 224 Å². The van der Waals surface area contributed by atoms with Crippen molar-refractivity contribution in [1.29, 1.82) is 0 Å². The summed E-state index contributed by atoms with van der Waals surface area (Å²) in [5.41, 5.74) is 13.9. The fraction of sp³-hybridized carbons (Fsp3) is 0. The van der Waals surface area contributed by atoms with E-state index in [9.17, 15) is 0 Å². The average molecular weight is 780 g/mol. The molecule has 2 aromatic heterocycles. The lowest BCUT2D eigenvalue weighted by molar-refractivity contribution is 0.620. The number of rotatable bonds is 7. The van der Waals surface area contributed by atoms with Gasteiger partial charge in [0, 0.05) is 38.8 Å². The molecule has 61 heavy (non-hydrogen) atoms. The highest BCUT2D eigenvalue weighted by molar-refractivity contribution is 6.22. The van der Waals surface area contributed by atoms with Gasteiger partial charge in [0.15, 0.2) is 5.58 Å². The van der Waals surface area contributed by atoms with Crippen molar-refractivity contribution >= 4 is 71.5 Å². The number of para-hydroxylation sites is 2. The smallest absolute Gasteiger partial charge is 0.227 e. The number of anilines is 3. The lowest BCUT2D eigenvalue weighted by Gasteiger charge is -2.28. The Hall–Kier alpha value is -8.21. The molecule has 12 rings (SSSR count). The van der Waals surface area contributed by atoms with E-state index in [1.165, 1.54) is 54.5 Å². The highest BCUT2D eigenvalue weighted by Crippen LogP contribution is 2.45. The summed E-state index contributed by atoms with van der Waals surface area (Å²) >= 11 is 0. The van der Waals surface area contributed by atoms with Crippen LogP contribution in [0.25, 0.3) is 93.8 Å². The highest BCUT2D eigenvalue weighted by atomic mass is 16.3. The van der Waals surface area contributed by atoms with E-state index < -0.39 is 0 Å². The molecule has 4 nitrogen and oxygen atoms in total. The first-order valence-corrected chi connectivity index (χ1v) is 20.7. The molecule has 4 heteroatoms. The number of fused-ring (bicyclic) bond motifs is 7. The molecule has 0 spiro atoms. The van der Waals surface area contributed by atoms with Crippen molar-refractivity contribution in [3.8, 4) is 39.4 Å². The summed E-state index contributed by atoms with van der Waals surface area (Å²) in [7, 11) is 0. The van der Waals surface area contributed by atoms with Crippen LogP contribution in [0.15, 0.2) is 229 Å². The molecule has 0 radical (unpaired) electrons. The van der Waals surface area contributed by atoms with Crippen LogP contribution in [0.4, 0.5) is 17.1 Å². The molecular formula is C57H37N3O. The number of nitrogens with zero attached hydrogens (tertiary/aromatic N) is 3. The standard InChI is InChI=1S/C57H37N3O/c1-4-15-38(16-5-1)46-31-33-53(49-24-11-10-23-48(46)49)59(44-22-14-19-40(35-44)41-28-34-55-51(37-41)58-57(61-55)39-17-6-2-7-18-39)45-29-30-47-42(36-45)27-32-54-56(47)50-25-12-13-26-52(50)60(54)43-20-8-3-9-21-43/h1-37H. The topological polar surface area (TPSA) is 34.2 Å². The van der Waals surface area contributed by atoms with Gasteiger partial charge in [-0.05, 0) is 117 Å². The maximum atomic E-state index is 6.19. The van der Waals surface area contributed by atoms with E-state index in [4.69, 9.17) is 9.40 Å². The van der Waals surface area contributed by atoms with E-state index >= 15 is 0 Å². The molecule has 0 bridgehead atoms. The fourth-order valence-corrected chi connectivity index (χ4v) is 9.19. The Morgan fingerprint density at radius 2 is 1.08 bits per heavy atom. The van der Waals surface area contributed by atoms with E-state index in [2.05, 4.69) is 198 Å². The number of benzene rings is 10. The maximum Gasteiger partial charge on any atom is 0.227 e. The number of oxazole rings is 1. The summed E-state index contributed by atoms with van der Waals surface area (Å²) in [5.74, 6) is 0.622. The first kappa shape index (κ1) is 34.8. The zero-order valence-corrected chi connectivity index (χ0v) is 33.1. The molecule has 0 unspecified atom stereocenters. The quantitative estimate of drug-likeness (QED) is 0.162. The van der Waals surface area contributed by atoms with E-state index in [0.29, 0.717) is 5.89 Å². The van der Waals surface area contributed by atoms with Gasteiger partial charge in [-0.3, -0.25) is 0 Å². The maximum absolute atomic E-state index is 6.19. The number of hydrogen-bond donors (Lipinski definition) is 0. The molecule has 12 aromatic rings.